The maximum atomic E-state index is 12.6. The Morgan fingerprint density at radius 1 is 1.36 bits per heavy atom. The number of nitrogens with one attached hydrogen (secondary N) is 1. The average Bonchev–Trinajstić information content (AvgIpc) is 3.00. The van der Waals surface area contributed by atoms with Crippen molar-refractivity contribution < 1.29 is 9.53 Å². The van der Waals surface area contributed by atoms with Crippen LogP contribution in [0.2, 0.25) is 0 Å². The summed E-state index contributed by atoms with van der Waals surface area (Å²) in [7, 11) is 1.67. The maximum absolute atomic E-state index is 12.6. The molecule has 5 heteroatoms. The highest BCUT2D eigenvalue weighted by atomic mass is 32.1. The topological polar surface area (TPSA) is 41.6 Å². The van der Waals surface area contributed by atoms with E-state index >= 15 is 0 Å². The largest absolute Gasteiger partial charge is 0.495 e. The Kier molecular flexibility index (Phi) is 3.54. The van der Waals surface area contributed by atoms with Crippen molar-refractivity contribution in [2.75, 3.05) is 26.7 Å². The summed E-state index contributed by atoms with van der Waals surface area (Å²) in [4.78, 5) is 15.8. The third kappa shape index (κ3) is 2.38. The number of carbonyl (C=O) groups excluding carboxylic acids is 1. The predicted molar refractivity (Wildman–Crippen MR) is 88.8 cm³/mol. The molecule has 1 N–H and O–H groups in total. The van der Waals surface area contributed by atoms with E-state index in [2.05, 4.69) is 10.2 Å². The molecule has 4 heterocycles. The quantitative estimate of drug-likeness (QED) is 0.947. The summed E-state index contributed by atoms with van der Waals surface area (Å²) >= 11 is 1.51. The molecule has 3 aliphatic heterocycles. The monoisotopic (exact) mass is 316 g/mol. The summed E-state index contributed by atoms with van der Waals surface area (Å²) in [5.41, 5.74) is 0. The van der Waals surface area contributed by atoms with Crippen molar-refractivity contribution in [1.29, 1.82) is 0 Å². The van der Waals surface area contributed by atoms with Crippen LogP contribution in [0.4, 0.5) is 0 Å². The number of piperidine rings is 3. The van der Waals surface area contributed by atoms with E-state index < -0.39 is 0 Å². The lowest BCUT2D eigenvalue weighted by atomic mass is 9.84. The molecule has 1 atom stereocenters. The number of nitrogens with zero attached hydrogens (tertiary/aromatic N) is 1. The standard InChI is InChI=1S/C17H20N2O2S/c1-21-14-4-2-3-12-9-15(22-16(12)14)17(20)18-13-10-19-7-5-11(13)6-8-19/h2-4,9,11,13H,5-8,10H2,1H3,(H,18,20)/t13-/m1/s1. The van der Waals surface area contributed by atoms with Crippen LogP contribution in [-0.2, 0) is 0 Å². The smallest absolute Gasteiger partial charge is 0.261 e. The fourth-order valence-electron chi connectivity index (χ4n) is 3.68. The van der Waals surface area contributed by atoms with E-state index in [0.717, 1.165) is 27.3 Å². The highest BCUT2D eigenvalue weighted by Crippen LogP contribution is 2.34. The van der Waals surface area contributed by atoms with Crippen LogP contribution in [0.1, 0.15) is 22.5 Å². The van der Waals surface area contributed by atoms with Crippen molar-refractivity contribution >= 4 is 27.3 Å². The zero-order valence-electron chi connectivity index (χ0n) is 12.7. The van der Waals surface area contributed by atoms with Crippen molar-refractivity contribution in [3.05, 3.63) is 29.1 Å². The molecule has 5 rings (SSSR count). The SMILES string of the molecule is COc1cccc2cc(C(=O)N[C@@H]3CN4CCC3CC4)sc12. The van der Waals surface area contributed by atoms with Crippen molar-refractivity contribution in [2.24, 2.45) is 5.92 Å². The number of hydrogen-bond acceptors (Lipinski definition) is 4. The molecule has 3 fully saturated rings. The van der Waals surface area contributed by atoms with Gasteiger partial charge in [-0.2, -0.15) is 0 Å². The highest BCUT2D eigenvalue weighted by Gasteiger charge is 2.35. The van der Waals surface area contributed by atoms with Gasteiger partial charge in [-0.3, -0.25) is 4.79 Å². The van der Waals surface area contributed by atoms with Gasteiger partial charge in [0.15, 0.2) is 0 Å². The van der Waals surface area contributed by atoms with Crippen molar-refractivity contribution in [1.82, 2.24) is 10.2 Å². The van der Waals surface area contributed by atoms with Gasteiger partial charge in [0, 0.05) is 12.6 Å². The van der Waals surface area contributed by atoms with Gasteiger partial charge in [0.25, 0.3) is 5.91 Å². The summed E-state index contributed by atoms with van der Waals surface area (Å²) in [5.74, 6) is 1.55. The molecule has 0 spiro atoms. The first-order chi connectivity index (χ1) is 10.7. The zero-order valence-corrected chi connectivity index (χ0v) is 13.5. The zero-order chi connectivity index (χ0) is 15.1. The van der Waals surface area contributed by atoms with Crippen LogP contribution in [0.25, 0.3) is 10.1 Å². The van der Waals surface area contributed by atoms with Gasteiger partial charge >= 0.3 is 0 Å². The normalized spacial score (nSPS) is 27.0. The first-order valence-electron chi connectivity index (χ1n) is 7.84. The Balaban J connectivity index is 1.55. The van der Waals surface area contributed by atoms with Gasteiger partial charge in [-0.25, -0.2) is 0 Å². The Labute approximate surface area is 134 Å². The van der Waals surface area contributed by atoms with Crippen LogP contribution < -0.4 is 10.1 Å². The molecule has 4 nitrogen and oxygen atoms in total. The van der Waals surface area contributed by atoms with E-state index in [1.807, 2.05) is 24.3 Å². The molecule has 1 amide bonds. The number of hydrogen-bond donors (Lipinski definition) is 1. The van der Waals surface area contributed by atoms with E-state index in [1.54, 1.807) is 7.11 Å². The van der Waals surface area contributed by atoms with Gasteiger partial charge in [-0.1, -0.05) is 12.1 Å². The number of ether oxygens (including phenoxy) is 1. The molecule has 0 unspecified atom stereocenters. The van der Waals surface area contributed by atoms with Crippen molar-refractivity contribution in [2.45, 2.75) is 18.9 Å². The van der Waals surface area contributed by atoms with E-state index in [1.165, 1.54) is 37.3 Å². The van der Waals surface area contributed by atoms with Gasteiger partial charge in [0.1, 0.15) is 5.75 Å². The van der Waals surface area contributed by atoms with Crippen LogP contribution >= 0.6 is 11.3 Å². The Bertz CT molecular complexity index is 704. The van der Waals surface area contributed by atoms with Crippen molar-refractivity contribution in [3.8, 4) is 5.75 Å². The molecule has 22 heavy (non-hydrogen) atoms. The molecule has 2 bridgehead atoms. The fraction of sp³-hybridized carbons (Fsp3) is 0.471. The second kappa shape index (κ2) is 5.56. The first kappa shape index (κ1) is 14.0. The summed E-state index contributed by atoms with van der Waals surface area (Å²) in [6.07, 6.45) is 2.43. The molecule has 0 saturated carbocycles. The van der Waals surface area contributed by atoms with Gasteiger partial charge in [0.2, 0.25) is 0 Å². The number of rotatable bonds is 3. The second-order valence-electron chi connectivity index (χ2n) is 6.21. The summed E-state index contributed by atoms with van der Waals surface area (Å²) in [6.45, 7) is 3.39. The van der Waals surface area contributed by atoms with E-state index in [4.69, 9.17) is 4.74 Å². The molecule has 3 aliphatic rings. The van der Waals surface area contributed by atoms with E-state index in [9.17, 15) is 4.79 Å². The van der Waals surface area contributed by atoms with Crippen LogP contribution in [-0.4, -0.2) is 43.6 Å². The molecule has 0 aliphatic carbocycles. The molecular weight excluding hydrogens is 296 g/mol. The lowest BCUT2D eigenvalue weighted by molar-refractivity contribution is 0.0622. The van der Waals surface area contributed by atoms with E-state index in [-0.39, 0.29) is 5.91 Å². The third-order valence-corrected chi connectivity index (χ3v) is 6.09. The lowest BCUT2D eigenvalue weighted by Gasteiger charge is -2.44. The molecule has 1 aromatic carbocycles. The van der Waals surface area contributed by atoms with Gasteiger partial charge in [0.05, 0.1) is 16.7 Å². The minimum absolute atomic E-state index is 0.0574. The number of amides is 1. The molecule has 2 aromatic rings. The van der Waals surface area contributed by atoms with Crippen LogP contribution in [0.3, 0.4) is 0 Å². The average molecular weight is 316 g/mol. The lowest BCUT2D eigenvalue weighted by Crippen LogP contribution is -2.57. The van der Waals surface area contributed by atoms with E-state index in [0.29, 0.717) is 12.0 Å². The first-order valence-corrected chi connectivity index (χ1v) is 8.66. The molecule has 3 saturated heterocycles. The predicted octanol–water partition coefficient (Wildman–Crippen LogP) is 2.73. The van der Waals surface area contributed by atoms with Crippen LogP contribution in [0.15, 0.2) is 24.3 Å². The minimum Gasteiger partial charge on any atom is -0.495 e. The number of fused-ring (bicyclic) bond motifs is 4. The molecular formula is C17H20N2O2S. The van der Waals surface area contributed by atoms with Crippen LogP contribution in [0, 0.1) is 5.92 Å². The molecule has 1 aromatic heterocycles. The second-order valence-corrected chi connectivity index (χ2v) is 7.26. The van der Waals surface area contributed by atoms with Gasteiger partial charge in [-0.05, 0) is 49.4 Å². The fourth-order valence-corrected chi connectivity index (χ4v) is 4.73. The number of carbonyl (C=O) groups is 1. The highest BCUT2D eigenvalue weighted by molar-refractivity contribution is 7.21. The Hall–Kier alpha value is -1.59. The maximum Gasteiger partial charge on any atom is 0.261 e. The minimum atomic E-state index is 0.0574. The summed E-state index contributed by atoms with van der Waals surface area (Å²) in [6, 6.07) is 8.21. The van der Waals surface area contributed by atoms with Crippen LogP contribution in [0.5, 0.6) is 5.75 Å². The Morgan fingerprint density at radius 3 is 2.86 bits per heavy atom. The summed E-state index contributed by atoms with van der Waals surface area (Å²) in [5, 5.41) is 4.33. The number of thiophene rings is 1. The Morgan fingerprint density at radius 2 is 2.18 bits per heavy atom. The van der Waals surface area contributed by atoms with Crippen molar-refractivity contribution in [3.63, 3.8) is 0 Å². The molecule has 0 radical (unpaired) electrons. The molecule has 116 valence electrons. The number of benzene rings is 1. The van der Waals surface area contributed by atoms with Gasteiger partial charge < -0.3 is 15.0 Å². The van der Waals surface area contributed by atoms with Gasteiger partial charge in [-0.15, -0.1) is 11.3 Å². The number of methoxy groups -OCH3 is 1. The summed E-state index contributed by atoms with van der Waals surface area (Å²) < 4.78 is 6.43. The third-order valence-electron chi connectivity index (χ3n) is 4.92.